The summed E-state index contributed by atoms with van der Waals surface area (Å²) in [6.45, 7) is 5.66. The van der Waals surface area contributed by atoms with Crippen LogP contribution in [0.1, 0.15) is 71.1 Å². The van der Waals surface area contributed by atoms with E-state index in [-0.39, 0.29) is 11.9 Å². The third-order valence-electron chi connectivity index (χ3n) is 6.29. The van der Waals surface area contributed by atoms with Gasteiger partial charge in [0.05, 0.1) is 6.04 Å². The number of carbonyl (C=O) groups excluding carboxylic acids is 1. The molecule has 2 aliphatic heterocycles. The highest BCUT2D eigenvalue weighted by molar-refractivity contribution is 5.82. The van der Waals surface area contributed by atoms with E-state index in [1.54, 1.807) is 0 Å². The van der Waals surface area contributed by atoms with Crippen molar-refractivity contribution in [2.45, 2.75) is 89.3 Å². The second-order valence-corrected chi connectivity index (χ2v) is 7.98. The van der Waals surface area contributed by atoms with E-state index in [2.05, 4.69) is 22.5 Å². The predicted octanol–water partition coefficient (Wildman–Crippen LogP) is 2.68. The van der Waals surface area contributed by atoms with Gasteiger partial charge in [0.1, 0.15) is 0 Å². The van der Waals surface area contributed by atoms with Gasteiger partial charge in [-0.15, -0.1) is 0 Å². The number of hydrogen-bond acceptors (Lipinski definition) is 3. The Kier molecular flexibility index (Phi) is 6.35. The van der Waals surface area contributed by atoms with Crippen molar-refractivity contribution in [1.82, 2.24) is 15.5 Å². The first kappa shape index (κ1) is 17.2. The van der Waals surface area contributed by atoms with Crippen LogP contribution in [0.25, 0.3) is 0 Å². The molecule has 4 atom stereocenters. The van der Waals surface area contributed by atoms with Gasteiger partial charge in [-0.2, -0.15) is 0 Å². The number of fused-ring (bicyclic) bond motifs is 1. The van der Waals surface area contributed by atoms with Crippen LogP contribution < -0.4 is 10.6 Å². The molecule has 1 saturated carbocycles. The lowest BCUT2D eigenvalue weighted by molar-refractivity contribution is -0.122. The minimum absolute atomic E-state index is 0.0743. The second kappa shape index (κ2) is 8.48. The van der Waals surface area contributed by atoms with E-state index in [0.717, 1.165) is 31.3 Å². The van der Waals surface area contributed by atoms with Gasteiger partial charge in [-0.1, -0.05) is 19.3 Å². The lowest BCUT2D eigenvalue weighted by Gasteiger charge is -2.33. The van der Waals surface area contributed by atoms with Crippen LogP contribution >= 0.6 is 0 Å². The van der Waals surface area contributed by atoms with E-state index < -0.39 is 0 Å². The third kappa shape index (κ3) is 4.69. The Balaban J connectivity index is 1.28. The predicted molar refractivity (Wildman–Crippen MR) is 94.4 cm³/mol. The molecule has 3 aliphatic rings. The molecule has 0 aromatic carbocycles. The number of amides is 1. The van der Waals surface area contributed by atoms with Gasteiger partial charge in [0.2, 0.25) is 5.91 Å². The Labute approximate surface area is 141 Å². The fraction of sp³-hybridized carbons (Fsp3) is 0.947. The van der Waals surface area contributed by atoms with Gasteiger partial charge >= 0.3 is 0 Å². The van der Waals surface area contributed by atoms with Crippen molar-refractivity contribution >= 4 is 5.91 Å². The SMILES string of the molecule is CC1CCCCN1CCCCNC(=O)C1CC2CCCCC2N1. The molecule has 0 radical (unpaired) electrons. The summed E-state index contributed by atoms with van der Waals surface area (Å²) in [6, 6.07) is 1.44. The maximum Gasteiger partial charge on any atom is 0.237 e. The van der Waals surface area contributed by atoms with Gasteiger partial charge in [-0.3, -0.25) is 4.79 Å². The number of piperidine rings is 1. The average molecular weight is 322 g/mol. The molecule has 132 valence electrons. The summed E-state index contributed by atoms with van der Waals surface area (Å²) in [5.41, 5.74) is 0. The molecular weight excluding hydrogens is 286 g/mol. The lowest BCUT2D eigenvalue weighted by atomic mass is 9.85. The number of nitrogens with zero attached hydrogens (tertiary/aromatic N) is 1. The van der Waals surface area contributed by atoms with E-state index in [9.17, 15) is 4.79 Å². The van der Waals surface area contributed by atoms with E-state index in [1.807, 2.05) is 0 Å². The number of nitrogens with one attached hydrogen (secondary N) is 2. The van der Waals surface area contributed by atoms with Crippen LogP contribution in [0.15, 0.2) is 0 Å². The number of unbranched alkanes of at least 4 members (excludes halogenated alkanes) is 1. The Morgan fingerprint density at radius 2 is 1.96 bits per heavy atom. The minimum atomic E-state index is 0.0743. The zero-order valence-corrected chi connectivity index (χ0v) is 14.9. The van der Waals surface area contributed by atoms with Gasteiger partial charge in [0.15, 0.2) is 0 Å². The summed E-state index contributed by atoms with van der Waals surface area (Å²) in [5, 5.41) is 6.73. The first-order chi connectivity index (χ1) is 11.2. The fourth-order valence-corrected chi connectivity index (χ4v) is 4.79. The van der Waals surface area contributed by atoms with Gasteiger partial charge in [0, 0.05) is 18.6 Å². The molecule has 0 spiro atoms. The number of rotatable bonds is 6. The number of hydrogen-bond donors (Lipinski definition) is 2. The molecule has 2 saturated heterocycles. The van der Waals surface area contributed by atoms with Crippen LogP contribution in [-0.2, 0) is 4.79 Å². The molecule has 4 heteroatoms. The maximum atomic E-state index is 12.3. The van der Waals surface area contributed by atoms with Gasteiger partial charge in [0.25, 0.3) is 0 Å². The molecule has 4 unspecified atom stereocenters. The Morgan fingerprint density at radius 3 is 2.78 bits per heavy atom. The standard InChI is InChI=1S/C19H35N3O/c1-15-8-4-6-12-22(15)13-7-5-11-20-19(23)18-14-16-9-2-3-10-17(16)21-18/h15-18,21H,2-14H2,1H3,(H,20,23). The van der Waals surface area contributed by atoms with Crippen molar-refractivity contribution < 1.29 is 4.79 Å². The Hall–Kier alpha value is -0.610. The molecule has 3 rings (SSSR count). The summed E-state index contributed by atoms with van der Waals surface area (Å²) in [6.07, 6.45) is 12.7. The van der Waals surface area contributed by atoms with E-state index in [4.69, 9.17) is 0 Å². The normalized spacial score (nSPS) is 35.0. The van der Waals surface area contributed by atoms with Crippen LogP contribution in [0.3, 0.4) is 0 Å². The van der Waals surface area contributed by atoms with E-state index >= 15 is 0 Å². The number of carbonyl (C=O) groups is 1. The molecule has 0 aromatic rings. The average Bonchev–Trinajstić information content (AvgIpc) is 3.00. The smallest absolute Gasteiger partial charge is 0.237 e. The highest BCUT2D eigenvalue weighted by Crippen LogP contribution is 2.33. The molecular formula is C19H35N3O. The molecule has 0 aromatic heterocycles. The molecule has 4 nitrogen and oxygen atoms in total. The number of likely N-dealkylation sites (tertiary alicyclic amines) is 1. The van der Waals surface area contributed by atoms with Gasteiger partial charge in [-0.05, 0) is 70.9 Å². The molecule has 23 heavy (non-hydrogen) atoms. The summed E-state index contributed by atoms with van der Waals surface area (Å²) in [7, 11) is 0. The van der Waals surface area contributed by atoms with Crippen LogP contribution in [0.5, 0.6) is 0 Å². The molecule has 1 amide bonds. The quantitative estimate of drug-likeness (QED) is 0.739. The Bertz CT molecular complexity index is 373. The summed E-state index contributed by atoms with van der Waals surface area (Å²) < 4.78 is 0. The zero-order valence-electron chi connectivity index (χ0n) is 14.9. The molecule has 3 fully saturated rings. The van der Waals surface area contributed by atoms with Crippen molar-refractivity contribution in [1.29, 1.82) is 0 Å². The van der Waals surface area contributed by atoms with Crippen LogP contribution in [-0.4, -0.2) is 48.6 Å². The van der Waals surface area contributed by atoms with Crippen LogP contribution in [0.4, 0.5) is 0 Å². The summed E-state index contributed by atoms with van der Waals surface area (Å²) in [5.74, 6) is 0.992. The van der Waals surface area contributed by atoms with Gasteiger partial charge in [-0.25, -0.2) is 0 Å². The molecule has 2 N–H and O–H groups in total. The van der Waals surface area contributed by atoms with Crippen molar-refractivity contribution in [2.24, 2.45) is 5.92 Å². The van der Waals surface area contributed by atoms with Crippen LogP contribution in [0.2, 0.25) is 0 Å². The van der Waals surface area contributed by atoms with Crippen molar-refractivity contribution in [3.8, 4) is 0 Å². The van der Waals surface area contributed by atoms with E-state index in [1.165, 1.54) is 64.5 Å². The zero-order chi connectivity index (χ0) is 16.1. The van der Waals surface area contributed by atoms with Crippen molar-refractivity contribution in [3.63, 3.8) is 0 Å². The lowest BCUT2D eigenvalue weighted by Crippen LogP contribution is -2.43. The Morgan fingerprint density at radius 1 is 1.13 bits per heavy atom. The fourth-order valence-electron chi connectivity index (χ4n) is 4.79. The third-order valence-corrected chi connectivity index (χ3v) is 6.29. The molecule has 2 heterocycles. The minimum Gasteiger partial charge on any atom is -0.355 e. The van der Waals surface area contributed by atoms with Crippen LogP contribution in [0, 0.1) is 5.92 Å². The van der Waals surface area contributed by atoms with Gasteiger partial charge < -0.3 is 15.5 Å². The summed E-state index contributed by atoms with van der Waals surface area (Å²) >= 11 is 0. The highest BCUT2D eigenvalue weighted by Gasteiger charge is 2.37. The van der Waals surface area contributed by atoms with Crippen molar-refractivity contribution in [2.75, 3.05) is 19.6 Å². The maximum absolute atomic E-state index is 12.3. The molecule has 0 bridgehead atoms. The monoisotopic (exact) mass is 321 g/mol. The first-order valence-corrected chi connectivity index (χ1v) is 10.0. The second-order valence-electron chi connectivity index (χ2n) is 7.98. The first-order valence-electron chi connectivity index (χ1n) is 10.0. The topological polar surface area (TPSA) is 44.4 Å². The highest BCUT2D eigenvalue weighted by atomic mass is 16.2. The van der Waals surface area contributed by atoms with Crippen molar-refractivity contribution in [3.05, 3.63) is 0 Å². The summed E-state index contributed by atoms with van der Waals surface area (Å²) in [4.78, 5) is 14.9. The molecule has 1 aliphatic carbocycles. The largest absolute Gasteiger partial charge is 0.355 e. The van der Waals surface area contributed by atoms with E-state index in [0.29, 0.717) is 6.04 Å².